The predicted molar refractivity (Wildman–Crippen MR) is 136 cm³/mol. The topological polar surface area (TPSA) is 193 Å². The smallest absolute Gasteiger partial charge is 0.409 e. The molecule has 37 heavy (non-hydrogen) atoms. The first-order valence-corrected chi connectivity index (χ1v) is 11.8. The summed E-state index contributed by atoms with van der Waals surface area (Å²) in [7, 11) is 1.64. The maximum absolute atomic E-state index is 12.3. The second kappa shape index (κ2) is 19.3. The predicted octanol–water partition coefficient (Wildman–Crippen LogP) is 2.98. The third-order valence-corrected chi connectivity index (χ3v) is 5.12. The molecule has 1 unspecified atom stereocenters. The van der Waals surface area contributed by atoms with E-state index in [4.69, 9.17) is 40.3 Å². The molecule has 3 rings (SSSR count). The third kappa shape index (κ3) is 14.3. The number of carboxylic acids is 2. The summed E-state index contributed by atoms with van der Waals surface area (Å²) in [5.41, 5.74) is 7.69. The van der Waals surface area contributed by atoms with Gasteiger partial charge in [-0.25, -0.2) is 19.6 Å². The highest BCUT2D eigenvalue weighted by atomic mass is 16.6. The Morgan fingerprint density at radius 2 is 1.62 bits per heavy atom. The number of aryl methyl sites for hydroxylation is 1. The molecule has 0 aromatic carbocycles. The zero-order valence-corrected chi connectivity index (χ0v) is 21.7. The number of likely N-dealkylation sites (tertiary alicyclic amines) is 1. The first-order chi connectivity index (χ1) is 17.6. The van der Waals surface area contributed by atoms with E-state index in [9.17, 15) is 4.79 Å². The molecule has 13 nitrogen and oxygen atoms in total. The largest absolute Gasteiger partial charge is 0.481 e. The van der Waals surface area contributed by atoms with Gasteiger partial charge in [-0.15, -0.1) is 0 Å². The molecule has 206 valence electrons. The summed E-state index contributed by atoms with van der Waals surface area (Å²) >= 11 is 0. The molecule has 0 radical (unpaired) electrons. The van der Waals surface area contributed by atoms with E-state index in [1.807, 2.05) is 17.0 Å². The van der Waals surface area contributed by atoms with Crippen LogP contribution < -0.4 is 5.73 Å². The van der Waals surface area contributed by atoms with Crippen molar-refractivity contribution in [2.24, 2.45) is 0 Å². The number of carboxylic acid groups (broad SMARTS) is 2. The van der Waals surface area contributed by atoms with Crippen molar-refractivity contribution >= 4 is 29.4 Å². The summed E-state index contributed by atoms with van der Waals surface area (Å²) in [5, 5.41) is 25.6. The maximum Gasteiger partial charge on any atom is 0.409 e. The Morgan fingerprint density at radius 3 is 2.16 bits per heavy atom. The van der Waals surface area contributed by atoms with Gasteiger partial charge in [-0.05, 0) is 37.8 Å². The highest BCUT2D eigenvalue weighted by Crippen LogP contribution is 2.16. The highest BCUT2D eigenvalue weighted by Gasteiger charge is 2.19. The van der Waals surface area contributed by atoms with Crippen LogP contribution in [-0.2, 0) is 25.5 Å². The lowest BCUT2D eigenvalue weighted by Gasteiger charge is -2.25. The number of rotatable bonds is 6. The minimum absolute atomic E-state index is 0.159. The van der Waals surface area contributed by atoms with Crippen LogP contribution in [0.1, 0.15) is 58.1 Å². The Hall–Kier alpha value is -3.92. The van der Waals surface area contributed by atoms with E-state index in [1.165, 1.54) is 25.6 Å². The van der Waals surface area contributed by atoms with Crippen molar-refractivity contribution in [1.82, 2.24) is 19.5 Å². The Balaban J connectivity index is 0.00000112. The first kappa shape index (κ1) is 33.1. The second-order valence-electron chi connectivity index (χ2n) is 8.03. The number of anilines is 1. The van der Waals surface area contributed by atoms with Crippen molar-refractivity contribution in [2.45, 2.75) is 64.9 Å². The molecule has 1 amide bonds. The number of amides is 1. The van der Waals surface area contributed by atoms with E-state index < -0.39 is 11.9 Å². The van der Waals surface area contributed by atoms with Crippen molar-refractivity contribution in [3.63, 3.8) is 0 Å². The zero-order valence-electron chi connectivity index (χ0n) is 21.7. The Kier molecular flexibility index (Phi) is 17.2. The van der Waals surface area contributed by atoms with Gasteiger partial charge in [0.1, 0.15) is 18.5 Å². The third-order valence-electron chi connectivity index (χ3n) is 5.12. The van der Waals surface area contributed by atoms with Crippen LogP contribution in [0.2, 0.25) is 0 Å². The number of carbonyl (C=O) groups excluding carboxylic acids is 1. The molecule has 1 aliphatic heterocycles. The van der Waals surface area contributed by atoms with Crippen LogP contribution in [0.25, 0.3) is 5.52 Å². The molecule has 0 aliphatic carbocycles. The number of aromatic nitrogens is 3. The average Bonchev–Trinajstić information content (AvgIpc) is 3.24. The van der Waals surface area contributed by atoms with Crippen LogP contribution in [0.4, 0.5) is 10.6 Å². The van der Waals surface area contributed by atoms with Gasteiger partial charge in [0.2, 0.25) is 0 Å². The number of nitriles is 1. The van der Waals surface area contributed by atoms with E-state index in [-0.39, 0.29) is 18.8 Å². The molecule has 1 fully saturated rings. The molecule has 1 aliphatic rings. The second-order valence-corrected chi connectivity index (χ2v) is 8.03. The molecule has 2 aromatic heterocycles. The normalized spacial score (nSPS) is 13.6. The first-order valence-electron chi connectivity index (χ1n) is 11.8. The standard InChI is InChI=1S/C19H29N5O3.2C2H4O2.CHN/c1-26-16(13-27-19(25)23-11-5-3-2-4-6-12-23)9-7-15-8-10-17-18(20)21-14-22-24(15)17;2*1-2(3)4;1-2/h8,10,14,16H,2-7,9,11-13H2,1H3,(H2,20,21,22);2*1H3,(H,3,4);1H. The van der Waals surface area contributed by atoms with Gasteiger partial charge in [-0.1, -0.05) is 19.3 Å². The average molecular weight is 523 g/mol. The monoisotopic (exact) mass is 522 g/mol. The molecular formula is C24H38N6O7. The quantitative estimate of drug-likeness (QED) is 0.505. The molecule has 0 bridgehead atoms. The Labute approximate surface area is 216 Å². The fourth-order valence-electron chi connectivity index (χ4n) is 3.46. The Morgan fingerprint density at radius 1 is 1.08 bits per heavy atom. The van der Waals surface area contributed by atoms with Gasteiger partial charge in [0.25, 0.3) is 11.9 Å². The van der Waals surface area contributed by atoms with Gasteiger partial charge in [-0.3, -0.25) is 9.59 Å². The van der Waals surface area contributed by atoms with E-state index in [0.717, 1.165) is 63.8 Å². The number of hydrogen-bond donors (Lipinski definition) is 3. The summed E-state index contributed by atoms with van der Waals surface area (Å²) in [6, 6.07) is 3.90. The van der Waals surface area contributed by atoms with E-state index in [1.54, 1.807) is 11.6 Å². The lowest BCUT2D eigenvalue weighted by atomic mass is 10.1. The highest BCUT2D eigenvalue weighted by molar-refractivity contribution is 5.67. The van der Waals surface area contributed by atoms with Gasteiger partial charge < -0.3 is 30.3 Å². The van der Waals surface area contributed by atoms with Crippen molar-refractivity contribution in [3.05, 3.63) is 24.2 Å². The fraction of sp³-hybridized carbons (Fsp3) is 0.583. The van der Waals surface area contributed by atoms with E-state index in [0.29, 0.717) is 5.82 Å². The van der Waals surface area contributed by atoms with Crippen LogP contribution in [0.3, 0.4) is 0 Å². The van der Waals surface area contributed by atoms with Crippen LogP contribution in [-0.4, -0.2) is 80.7 Å². The molecule has 0 spiro atoms. The molecule has 1 saturated heterocycles. The van der Waals surface area contributed by atoms with Gasteiger partial charge in [0.05, 0.1) is 6.10 Å². The summed E-state index contributed by atoms with van der Waals surface area (Å²) in [6.45, 7) is 7.49. The lowest BCUT2D eigenvalue weighted by molar-refractivity contribution is -0.135. The summed E-state index contributed by atoms with van der Waals surface area (Å²) in [6.07, 6.45) is 8.26. The fourth-order valence-corrected chi connectivity index (χ4v) is 3.46. The summed E-state index contributed by atoms with van der Waals surface area (Å²) in [5.74, 6) is -1.21. The van der Waals surface area contributed by atoms with Gasteiger partial charge in [-0.2, -0.15) is 5.10 Å². The van der Waals surface area contributed by atoms with E-state index in [2.05, 4.69) is 16.7 Å². The molecule has 3 heterocycles. The number of fused-ring (bicyclic) bond motifs is 1. The SMILES string of the molecule is C#N.CC(=O)O.CC(=O)O.COC(CCc1ccc2c(N)ncnn12)COC(=O)N1CCCCCCC1. The van der Waals surface area contributed by atoms with Crippen LogP contribution in [0, 0.1) is 11.8 Å². The van der Waals surface area contributed by atoms with Crippen molar-refractivity contribution in [2.75, 3.05) is 32.5 Å². The number of hydrogen-bond acceptors (Lipinski definition) is 9. The maximum atomic E-state index is 12.3. The van der Waals surface area contributed by atoms with Crippen LogP contribution in [0.5, 0.6) is 0 Å². The molecule has 0 saturated carbocycles. The van der Waals surface area contributed by atoms with Crippen LogP contribution >= 0.6 is 0 Å². The number of nitrogen functional groups attached to an aromatic ring is 1. The minimum atomic E-state index is -0.833. The number of nitrogens with two attached hydrogens (primary N) is 1. The Bertz CT molecular complexity index is 951. The zero-order chi connectivity index (χ0) is 28.2. The van der Waals surface area contributed by atoms with Gasteiger partial charge in [0.15, 0.2) is 5.82 Å². The van der Waals surface area contributed by atoms with E-state index >= 15 is 0 Å². The molecule has 1 atom stereocenters. The van der Waals surface area contributed by atoms with Gasteiger partial charge in [0, 0.05) is 46.3 Å². The van der Waals surface area contributed by atoms with Crippen molar-refractivity contribution in [1.29, 1.82) is 5.26 Å². The molecule has 2 aromatic rings. The number of carbonyl (C=O) groups is 3. The number of methoxy groups -OCH3 is 1. The molecular weight excluding hydrogens is 484 g/mol. The van der Waals surface area contributed by atoms with Crippen molar-refractivity contribution < 1.29 is 34.1 Å². The minimum Gasteiger partial charge on any atom is -0.481 e. The number of aliphatic carboxylic acids is 2. The van der Waals surface area contributed by atoms with Gasteiger partial charge >= 0.3 is 6.09 Å². The molecule has 13 heteroatoms. The summed E-state index contributed by atoms with van der Waals surface area (Å²) in [4.78, 5) is 36.2. The number of ether oxygens (including phenoxy) is 2. The lowest BCUT2D eigenvalue weighted by Crippen LogP contribution is -2.36. The molecule has 4 N–H and O–H groups in total. The van der Waals surface area contributed by atoms with Crippen LogP contribution in [0.15, 0.2) is 18.5 Å². The summed E-state index contributed by atoms with van der Waals surface area (Å²) < 4.78 is 12.8. The number of nitrogens with zero attached hydrogens (tertiary/aromatic N) is 5. The van der Waals surface area contributed by atoms with Crippen molar-refractivity contribution in [3.8, 4) is 6.57 Å².